The molecule has 7 heteroatoms. The summed E-state index contributed by atoms with van der Waals surface area (Å²) < 4.78 is 5.46. The van der Waals surface area contributed by atoms with E-state index in [4.69, 9.17) is 4.74 Å². The number of esters is 1. The fourth-order valence-corrected chi connectivity index (χ4v) is 3.69. The molecule has 1 aromatic rings. The Balaban J connectivity index is 2.28. The van der Waals surface area contributed by atoms with Crippen molar-refractivity contribution in [2.75, 3.05) is 6.26 Å². The van der Waals surface area contributed by atoms with Gasteiger partial charge in [0.2, 0.25) is 0 Å². The van der Waals surface area contributed by atoms with Gasteiger partial charge in [-0.15, -0.1) is 11.8 Å². The normalized spacial score (nSPS) is 14.8. The first-order chi connectivity index (χ1) is 12.7. The molecular weight excluding hydrogens is 362 g/mol. The zero-order valence-corrected chi connectivity index (χ0v) is 17.6. The van der Waals surface area contributed by atoms with E-state index in [2.05, 4.69) is 11.1 Å². The summed E-state index contributed by atoms with van der Waals surface area (Å²) in [6.45, 7) is 9.28. The number of thioether (sulfide) groups is 1. The lowest BCUT2D eigenvalue weighted by Gasteiger charge is -2.32. The van der Waals surface area contributed by atoms with Gasteiger partial charge in [-0.2, -0.15) is 5.26 Å². The standard InChI is InChI=1S/C20H27N3O3S/c1-11(2)23(12(3)4)19(24)13(5)26-20(25)15-9-17(14-7-8-14)22-18(27-6)16(15)10-21/h9,11-14H,7-8H2,1-6H3/t13-/m1/s1. The smallest absolute Gasteiger partial charge is 0.340 e. The van der Waals surface area contributed by atoms with Gasteiger partial charge in [0.15, 0.2) is 6.10 Å². The molecule has 0 saturated heterocycles. The van der Waals surface area contributed by atoms with Gasteiger partial charge in [-0.1, -0.05) is 0 Å². The van der Waals surface area contributed by atoms with E-state index >= 15 is 0 Å². The van der Waals surface area contributed by atoms with Gasteiger partial charge in [0.1, 0.15) is 11.1 Å². The molecular formula is C20H27N3O3S. The van der Waals surface area contributed by atoms with Gasteiger partial charge in [0, 0.05) is 23.7 Å². The molecule has 0 unspecified atom stereocenters. The number of hydrogen-bond acceptors (Lipinski definition) is 6. The van der Waals surface area contributed by atoms with Crippen LogP contribution in [0.3, 0.4) is 0 Å². The van der Waals surface area contributed by atoms with Crippen LogP contribution in [-0.2, 0) is 9.53 Å². The molecule has 0 aromatic carbocycles. The molecule has 1 atom stereocenters. The third kappa shape index (κ3) is 4.81. The van der Waals surface area contributed by atoms with Crippen molar-refractivity contribution >= 4 is 23.6 Å². The summed E-state index contributed by atoms with van der Waals surface area (Å²) in [4.78, 5) is 31.7. The summed E-state index contributed by atoms with van der Waals surface area (Å²) in [7, 11) is 0. The van der Waals surface area contributed by atoms with Crippen LogP contribution in [0.25, 0.3) is 0 Å². The highest BCUT2D eigenvalue weighted by Crippen LogP contribution is 2.40. The zero-order valence-electron chi connectivity index (χ0n) is 16.8. The van der Waals surface area contributed by atoms with Crippen molar-refractivity contribution in [3.05, 3.63) is 22.9 Å². The van der Waals surface area contributed by atoms with E-state index in [-0.39, 0.29) is 29.1 Å². The molecule has 1 heterocycles. The van der Waals surface area contributed by atoms with E-state index in [0.29, 0.717) is 10.9 Å². The van der Waals surface area contributed by atoms with Crippen LogP contribution in [0.4, 0.5) is 0 Å². The maximum Gasteiger partial charge on any atom is 0.340 e. The van der Waals surface area contributed by atoms with Crippen LogP contribution in [0.2, 0.25) is 0 Å². The number of amides is 1. The van der Waals surface area contributed by atoms with Crippen LogP contribution in [0.15, 0.2) is 11.1 Å². The molecule has 146 valence electrons. The quantitative estimate of drug-likeness (QED) is 0.522. The number of carbonyl (C=O) groups is 2. The van der Waals surface area contributed by atoms with Crippen molar-refractivity contribution in [3.63, 3.8) is 0 Å². The molecule has 1 aromatic heterocycles. The molecule has 1 amide bonds. The SMILES string of the molecule is CSc1nc(C2CC2)cc(C(=O)O[C@H](C)C(=O)N(C(C)C)C(C)C)c1C#N. The van der Waals surface area contributed by atoms with Gasteiger partial charge < -0.3 is 9.64 Å². The summed E-state index contributed by atoms with van der Waals surface area (Å²) >= 11 is 1.33. The molecule has 0 N–H and O–H groups in total. The van der Waals surface area contributed by atoms with Crippen molar-refractivity contribution in [3.8, 4) is 6.07 Å². The molecule has 0 radical (unpaired) electrons. The Morgan fingerprint density at radius 1 is 1.26 bits per heavy atom. The highest BCUT2D eigenvalue weighted by molar-refractivity contribution is 7.98. The Bertz CT molecular complexity index is 758. The lowest BCUT2D eigenvalue weighted by molar-refractivity contribution is -0.143. The van der Waals surface area contributed by atoms with Crippen LogP contribution in [0.1, 0.15) is 75.0 Å². The van der Waals surface area contributed by atoms with Crippen molar-refractivity contribution in [2.24, 2.45) is 0 Å². The number of ether oxygens (including phenoxy) is 1. The average Bonchev–Trinajstić information content (AvgIpc) is 3.44. The number of aromatic nitrogens is 1. The molecule has 1 fully saturated rings. The maximum absolute atomic E-state index is 12.8. The number of nitrogens with zero attached hydrogens (tertiary/aromatic N) is 3. The van der Waals surface area contributed by atoms with Crippen LogP contribution < -0.4 is 0 Å². The van der Waals surface area contributed by atoms with Crippen LogP contribution in [0.5, 0.6) is 0 Å². The molecule has 0 bridgehead atoms. The minimum Gasteiger partial charge on any atom is -0.449 e. The van der Waals surface area contributed by atoms with E-state index in [1.54, 1.807) is 17.9 Å². The Labute approximate surface area is 165 Å². The largest absolute Gasteiger partial charge is 0.449 e. The number of nitriles is 1. The zero-order chi connectivity index (χ0) is 20.3. The number of hydrogen-bond donors (Lipinski definition) is 0. The summed E-state index contributed by atoms with van der Waals surface area (Å²) in [6, 6.07) is 3.71. The summed E-state index contributed by atoms with van der Waals surface area (Å²) in [5.41, 5.74) is 1.22. The summed E-state index contributed by atoms with van der Waals surface area (Å²) in [5.74, 6) is -0.556. The predicted octanol–water partition coefficient (Wildman–Crippen LogP) is 3.74. The monoisotopic (exact) mass is 389 g/mol. The lowest BCUT2D eigenvalue weighted by Crippen LogP contribution is -2.47. The van der Waals surface area contributed by atoms with E-state index in [0.717, 1.165) is 18.5 Å². The third-order valence-corrected chi connectivity index (χ3v) is 5.21. The molecule has 6 nitrogen and oxygen atoms in total. The number of rotatable bonds is 7. The van der Waals surface area contributed by atoms with Gasteiger partial charge in [0.25, 0.3) is 5.91 Å². The molecule has 1 saturated carbocycles. The van der Waals surface area contributed by atoms with Crippen LogP contribution >= 0.6 is 11.8 Å². The summed E-state index contributed by atoms with van der Waals surface area (Å²) in [6.07, 6.45) is 2.97. The van der Waals surface area contributed by atoms with Gasteiger partial charge in [-0.3, -0.25) is 4.79 Å². The Kier molecular flexibility index (Phi) is 6.88. The minimum atomic E-state index is -0.927. The van der Waals surface area contributed by atoms with E-state index in [1.165, 1.54) is 11.8 Å². The number of carbonyl (C=O) groups excluding carboxylic acids is 2. The second-order valence-corrected chi connectivity index (χ2v) is 8.14. The second kappa shape index (κ2) is 8.75. The average molecular weight is 390 g/mol. The molecule has 1 aliphatic rings. The Morgan fingerprint density at radius 2 is 1.85 bits per heavy atom. The molecule has 1 aliphatic carbocycles. The van der Waals surface area contributed by atoms with Gasteiger partial charge >= 0.3 is 5.97 Å². The fraction of sp³-hybridized carbons (Fsp3) is 0.600. The van der Waals surface area contributed by atoms with Crippen molar-refractivity contribution in [1.29, 1.82) is 5.26 Å². The lowest BCUT2D eigenvalue weighted by atomic mass is 10.1. The van der Waals surface area contributed by atoms with E-state index < -0.39 is 12.1 Å². The highest BCUT2D eigenvalue weighted by atomic mass is 32.2. The van der Waals surface area contributed by atoms with Crippen LogP contribution in [0, 0.1) is 11.3 Å². The summed E-state index contributed by atoms with van der Waals surface area (Å²) in [5, 5.41) is 10.0. The third-order valence-electron chi connectivity index (χ3n) is 4.53. The number of pyridine rings is 1. The molecule has 0 spiro atoms. The predicted molar refractivity (Wildman–Crippen MR) is 105 cm³/mol. The van der Waals surface area contributed by atoms with Crippen molar-refractivity contribution < 1.29 is 14.3 Å². The van der Waals surface area contributed by atoms with Crippen LogP contribution in [-0.4, -0.2) is 46.2 Å². The first kappa shape index (κ1) is 21.2. The topological polar surface area (TPSA) is 83.3 Å². The van der Waals surface area contributed by atoms with Gasteiger partial charge in [-0.25, -0.2) is 9.78 Å². The van der Waals surface area contributed by atoms with E-state index in [1.807, 2.05) is 34.0 Å². The highest BCUT2D eigenvalue weighted by Gasteiger charge is 2.31. The van der Waals surface area contributed by atoms with Gasteiger partial charge in [0.05, 0.1) is 11.1 Å². The Morgan fingerprint density at radius 3 is 2.30 bits per heavy atom. The maximum atomic E-state index is 12.8. The molecule has 0 aliphatic heterocycles. The Hall–Kier alpha value is -2.07. The van der Waals surface area contributed by atoms with Crippen molar-refractivity contribution in [1.82, 2.24) is 9.88 Å². The first-order valence-corrected chi connectivity index (χ1v) is 10.5. The first-order valence-electron chi connectivity index (χ1n) is 9.23. The fourth-order valence-electron chi connectivity index (χ4n) is 3.14. The van der Waals surface area contributed by atoms with Gasteiger partial charge in [-0.05, 0) is 59.8 Å². The van der Waals surface area contributed by atoms with E-state index in [9.17, 15) is 14.9 Å². The second-order valence-electron chi connectivity index (χ2n) is 7.35. The minimum absolute atomic E-state index is 0.00110. The van der Waals surface area contributed by atoms with Crippen molar-refractivity contribution in [2.45, 2.75) is 76.6 Å². The molecule has 2 rings (SSSR count). The molecule has 27 heavy (non-hydrogen) atoms.